The molecule has 1 atom stereocenters. The Kier molecular flexibility index (Phi) is 7.20. The van der Waals surface area contributed by atoms with Gasteiger partial charge in [-0.05, 0) is 31.4 Å². The van der Waals surface area contributed by atoms with Gasteiger partial charge in [0.15, 0.2) is 0 Å². The molecule has 3 rings (SSSR count). The predicted molar refractivity (Wildman–Crippen MR) is 106 cm³/mol. The molecule has 0 spiro atoms. The zero-order chi connectivity index (χ0) is 17.5. The van der Waals surface area contributed by atoms with E-state index in [9.17, 15) is 4.79 Å². The van der Waals surface area contributed by atoms with Crippen LogP contribution in [0.5, 0.6) is 0 Å². The number of nitrogens with one attached hydrogen (secondary N) is 1. The van der Waals surface area contributed by atoms with Crippen LogP contribution in [0, 0.1) is 5.92 Å². The highest BCUT2D eigenvalue weighted by Crippen LogP contribution is 2.20. The van der Waals surface area contributed by atoms with Crippen LogP contribution in [0.2, 0.25) is 0 Å². The zero-order valence-electron chi connectivity index (χ0n) is 15.3. The summed E-state index contributed by atoms with van der Waals surface area (Å²) in [6.45, 7) is 5.03. The average Bonchev–Trinajstić information content (AvgIpc) is 2.64. The Bertz CT molecular complexity index is 525. The van der Waals surface area contributed by atoms with E-state index in [1.165, 1.54) is 11.3 Å². The summed E-state index contributed by atoms with van der Waals surface area (Å²) in [6, 6.07) is 11.0. The normalized spacial score (nSPS) is 22.3. The van der Waals surface area contributed by atoms with Crippen LogP contribution < -0.4 is 5.32 Å². The third kappa shape index (κ3) is 6.01. The molecule has 2 aliphatic rings. The van der Waals surface area contributed by atoms with Crippen LogP contribution in [-0.4, -0.2) is 66.5 Å². The number of hydrogen-bond donors (Lipinski definition) is 1. The van der Waals surface area contributed by atoms with Crippen molar-refractivity contribution in [1.29, 1.82) is 0 Å². The molecular weight excluding hydrogens is 330 g/mol. The van der Waals surface area contributed by atoms with Crippen molar-refractivity contribution in [2.24, 2.45) is 5.92 Å². The van der Waals surface area contributed by atoms with Crippen LogP contribution in [0.25, 0.3) is 0 Å². The van der Waals surface area contributed by atoms with E-state index >= 15 is 0 Å². The number of amides is 1. The van der Waals surface area contributed by atoms with Crippen molar-refractivity contribution in [3.8, 4) is 0 Å². The van der Waals surface area contributed by atoms with Gasteiger partial charge in [-0.1, -0.05) is 30.3 Å². The maximum Gasteiger partial charge on any atom is 0.224 e. The molecule has 2 aliphatic heterocycles. The summed E-state index contributed by atoms with van der Waals surface area (Å²) < 4.78 is 0. The van der Waals surface area contributed by atoms with Crippen molar-refractivity contribution in [1.82, 2.24) is 15.1 Å². The van der Waals surface area contributed by atoms with Gasteiger partial charge >= 0.3 is 0 Å². The van der Waals surface area contributed by atoms with Crippen molar-refractivity contribution in [3.05, 3.63) is 35.9 Å². The fourth-order valence-electron chi connectivity index (χ4n) is 3.86. The molecular formula is C20H31N3OS. The molecule has 2 saturated heterocycles. The molecule has 0 radical (unpaired) electrons. The second-order valence-electron chi connectivity index (χ2n) is 7.44. The van der Waals surface area contributed by atoms with Gasteiger partial charge in [-0.2, -0.15) is 11.8 Å². The second-order valence-corrected chi connectivity index (χ2v) is 8.59. The van der Waals surface area contributed by atoms with E-state index in [4.69, 9.17) is 0 Å². The number of benzene rings is 1. The van der Waals surface area contributed by atoms with Crippen molar-refractivity contribution in [2.75, 3.05) is 44.7 Å². The van der Waals surface area contributed by atoms with Crippen molar-refractivity contribution in [3.63, 3.8) is 0 Å². The Labute approximate surface area is 156 Å². The predicted octanol–water partition coefficient (Wildman–Crippen LogP) is 2.45. The van der Waals surface area contributed by atoms with E-state index in [0.29, 0.717) is 24.3 Å². The largest absolute Gasteiger partial charge is 0.343 e. The highest BCUT2D eigenvalue weighted by Gasteiger charge is 2.26. The third-order valence-electron chi connectivity index (χ3n) is 5.25. The van der Waals surface area contributed by atoms with Gasteiger partial charge in [0.05, 0.1) is 0 Å². The Balaban J connectivity index is 1.37. The van der Waals surface area contributed by atoms with E-state index in [-0.39, 0.29) is 0 Å². The van der Waals surface area contributed by atoms with E-state index in [0.717, 1.165) is 51.3 Å². The lowest BCUT2D eigenvalue weighted by molar-refractivity contribution is -0.133. The van der Waals surface area contributed by atoms with Crippen LogP contribution in [0.15, 0.2) is 30.3 Å². The van der Waals surface area contributed by atoms with Gasteiger partial charge in [0, 0.05) is 56.7 Å². The Morgan fingerprint density at radius 3 is 2.72 bits per heavy atom. The van der Waals surface area contributed by atoms with Gasteiger partial charge in [-0.3, -0.25) is 4.79 Å². The molecule has 1 aromatic carbocycles. The summed E-state index contributed by atoms with van der Waals surface area (Å²) in [5.41, 5.74) is 1.37. The molecule has 138 valence electrons. The average molecular weight is 362 g/mol. The van der Waals surface area contributed by atoms with Crippen LogP contribution in [0.4, 0.5) is 0 Å². The number of rotatable bonds is 6. The lowest BCUT2D eigenvalue weighted by Gasteiger charge is -2.35. The van der Waals surface area contributed by atoms with E-state index in [1.54, 1.807) is 0 Å². The second kappa shape index (κ2) is 9.60. The maximum absolute atomic E-state index is 12.5. The van der Waals surface area contributed by atoms with Gasteiger partial charge in [-0.25, -0.2) is 0 Å². The number of likely N-dealkylation sites (tertiary alicyclic amines) is 1. The van der Waals surface area contributed by atoms with Crippen molar-refractivity contribution < 1.29 is 4.79 Å². The molecule has 0 aromatic heterocycles. The molecule has 4 nitrogen and oxygen atoms in total. The summed E-state index contributed by atoms with van der Waals surface area (Å²) in [5, 5.41) is 3.47. The molecule has 0 saturated carbocycles. The molecule has 1 aromatic rings. The van der Waals surface area contributed by atoms with Crippen molar-refractivity contribution in [2.45, 2.75) is 31.8 Å². The Hall–Kier alpha value is -1.04. The summed E-state index contributed by atoms with van der Waals surface area (Å²) in [5.74, 6) is 3.30. The number of carbonyl (C=O) groups is 1. The van der Waals surface area contributed by atoms with Crippen molar-refractivity contribution >= 4 is 17.7 Å². The maximum atomic E-state index is 12.5. The van der Waals surface area contributed by atoms with Crippen LogP contribution in [-0.2, 0) is 11.3 Å². The molecule has 2 fully saturated rings. The standard InChI is InChI=1S/C20H31N3OS/c1-22(14-17-5-3-2-4-6-17)15-18-7-10-23(11-8-18)20(24)13-19-16-25-12-9-21-19/h2-6,18-19,21H,7-16H2,1H3. The molecule has 1 N–H and O–H groups in total. The van der Waals surface area contributed by atoms with E-state index < -0.39 is 0 Å². The Morgan fingerprint density at radius 1 is 1.28 bits per heavy atom. The third-order valence-corrected chi connectivity index (χ3v) is 6.38. The quantitative estimate of drug-likeness (QED) is 0.844. The van der Waals surface area contributed by atoms with E-state index in [2.05, 4.69) is 52.5 Å². The highest BCUT2D eigenvalue weighted by molar-refractivity contribution is 7.99. The van der Waals surface area contributed by atoms with Crippen LogP contribution in [0.3, 0.4) is 0 Å². The Morgan fingerprint density at radius 2 is 2.04 bits per heavy atom. The van der Waals surface area contributed by atoms with Crippen LogP contribution in [0.1, 0.15) is 24.8 Å². The number of thioether (sulfide) groups is 1. The number of hydrogen-bond acceptors (Lipinski definition) is 4. The van der Waals surface area contributed by atoms with Gasteiger partial charge in [0.25, 0.3) is 0 Å². The fourth-order valence-corrected chi connectivity index (χ4v) is 4.81. The molecule has 0 bridgehead atoms. The summed E-state index contributed by atoms with van der Waals surface area (Å²) in [4.78, 5) is 17.0. The summed E-state index contributed by atoms with van der Waals surface area (Å²) >= 11 is 1.96. The minimum absolute atomic E-state index is 0.344. The molecule has 1 amide bonds. The van der Waals surface area contributed by atoms with Gasteiger partial charge in [0.1, 0.15) is 0 Å². The van der Waals surface area contributed by atoms with E-state index in [1.807, 2.05) is 11.8 Å². The van der Waals surface area contributed by atoms with Gasteiger partial charge in [0.2, 0.25) is 5.91 Å². The summed E-state index contributed by atoms with van der Waals surface area (Å²) in [6.07, 6.45) is 2.95. The zero-order valence-corrected chi connectivity index (χ0v) is 16.1. The summed E-state index contributed by atoms with van der Waals surface area (Å²) in [7, 11) is 2.21. The first-order chi connectivity index (χ1) is 12.2. The monoisotopic (exact) mass is 361 g/mol. The molecule has 5 heteroatoms. The SMILES string of the molecule is CN(Cc1ccccc1)CC1CCN(C(=O)CC2CSCCN2)CC1. The first kappa shape index (κ1) is 18.7. The molecule has 1 unspecified atom stereocenters. The first-order valence-electron chi connectivity index (χ1n) is 9.52. The van der Waals surface area contributed by atoms with Gasteiger partial charge < -0.3 is 15.1 Å². The van der Waals surface area contributed by atoms with Gasteiger partial charge in [-0.15, -0.1) is 0 Å². The van der Waals surface area contributed by atoms with Crippen LogP contribution >= 0.6 is 11.8 Å². The molecule has 2 heterocycles. The number of piperidine rings is 1. The topological polar surface area (TPSA) is 35.6 Å². The smallest absolute Gasteiger partial charge is 0.224 e. The lowest BCUT2D eigenvalue weighted by Crippen LogP contribution is -2.45. The minimum Gasteiger partial charge on any atom is -0.343 e. The minimum atomic E-state index is 0.344. The number of nitrogens with zero attached hydrogens (tertiary/aromatic N) is 2. The molecule has 0 aliphatic carbocycles. The first-order valence-corrected chi connectivity index (χ1v) is 10.7. The lowest BCUT2D eigenvalue weighted by atomic mass is 9.95. The highest BCUT2D eigenvalue weighted by atomic mass is 32.2. The fraction of sp³-hybridized carbons (Fsp3) is 0.650. The number of carbonyl (C=O) groups excluding carboxylic acids is 1. The molecule has 25 heavy (non-hydrogen) atoms.